The maximum atomic E-state index is 14.7. The molecule has 1 saturated heterocycles. The minimum atomic E-state index is -0.440. The van der Waals surface area contributed by atoms with Crippen LogP contribution in [0.1, 0.15) is 31.2 Å². The first-order chi connectivity index (χ1) is 14.2. The minimum Gasteiger partial charge on any atom is -0.367 e. The summed E-state index contributed by atoms with van der Waals surface area (Å²) in [7, 11) is 0. The highest BCUT2D eigenvalue weighted by Gasteiger charge is 2.28. The largest absolute Gasteiger partial charge is 0.367 e. The van der Waals surface area contributed by atoms with Crippen molar-refractivity contribution >= 4 is 29.2 Å². The Balaban J connectivity index is 1.42. The summed E-state index contributed by atoms with van der Waals surface area (Å²) in [4.78, 5) is 21.1. The number of anilines is 2. The number of halogens is 1. The molecule has 1 amide bonds. The van der Waals surface area contributed by atoms with E-state index in [0.29, 0.717) is 11.4 Å². The molecule has 0 bridgehead atoms. The number of para-hydroxylation sites is 1. The smallest absolute Gasteiger partial charge is 0.237 e. The van der Waals surface area contributed by atoms with Gasteiger partial charge in [-0.3, -0.25) is 14.7 Å². The zero-order chi connectivity index (χ0) is 20.2. The molecule has 1 N–H and O–H groups in total. The van der Waals surface area contributed by atoms with Crippen LogP contribution in [0.2, 0.25) is 0 Å². The second-order valence-electron chi connectivity index (χ2n) is 7.65. The van der Waals surface area contributed by atoms with Crippen LogP contribution in [0.15, 0.2) is 47.5 Å². The van der Waals surface area contributed by atoms with E-state index in [-0.39, 0.29) is 11.7 Å². The molecule has 2 aliphatic heterocycles. The Morgan fingerprint density at radius 2 is 1.97 bits per heavy atom. The molecule has 2 aromatic rings. The molecule has 6 heteroatoms. The summed E-state index contributed by atoms with van der Waals surface area (Å²) in [6.07, 6.45) is 4.01. The zero-order valence-electron chi connectivity index (χ0n) is 16.8. The van der Waals surface area contributed by atoms with E-state index in [1.165, 1.54) is 18.9 Å². The van der Waals surface area contributed by atoms with Crippen molar-refractivity contribution in [2.45, 2.75) is 25.7 Å². The summed E-state index contributed by atoms with van der Waals surface area (Å²) in [6, 6.07) is 12.6. The van der Waals surface area contributed by atoms with Crippen molar-refractivity contribution in [3.8, 4) is 0 Å². The number of piperazine rings is 1. The predicted octanol–water partition coefficient (Wildman–Crippen LogP) is 4.19. The molecule has 1 fully saturated rings. The van der Waals surface area contributed by atoms with Crippen molar-refractivity contribution in [1.82, 2.24) is 4.90 Å². The molecule has 1 unspecified atom stereocenters. The van der Waals surface area contributed by atoms with Crippen molar-refractivity contribution in [3.63, 3.8) is 0 Å². The van der Waals surface area contributed by atoms with Crippen molar-refractivity contribution in [3.05, 3.63) is 53.8 Å². The van der Waals surface area contributed by atoms with Gasteiger partial charge in [0.1, 0.15) is 11.7 Å². The lowest BCUT2D eigenvalue weighted by atomic mass is 10.0. The van der Waals surface area contributed by atoms with Crippen molar-refractivity contribution in [1.29, 1.82) is 0 Å². The van der Waals surface area contributed by atoms with Crippen LogP contribution in [0, 0.1) is 5.82 Å². The van der Waals surface area contributed by atoms with Gasteiger partial charge < -0.3 is 10.2 Å². The molecule has 2 heterocycles. The molecule has 2 aromatic carbocycles. The third kappa shape index (κ3) is 4.32. The molecule has 1 atom stereocenters. The molecular weight excluding hydrogens is 367 g/mol. The third-order valence-electron chi connectivity index (χ3n) is 5.68. The van der Waals surface area contributed by atoms with E-state index in [2.05, 4.69) is 27.0 Å². The molecule has 5 nitrogen and oxygen atoms in total. The summed E-state index contributed by atoms with van der Waals surface area (Å²) in [6.45, 7) is 6.93. The highest BCUT2D eigenvalue weighted by molar-refractivity contribution is 6.12. The van der Waals surface area contributed by atoms with Gasteiger partial charge in [-0.05, 0) is 36.7 Å². The van der Waals surface area contributed by atoms with Gasteiger partial charge in [-0.25, -0.2) is 4.39 Å². The van der Waals surface area contributed by atoms with Crippen LogP contribution in [-0.2, 0) is 4.79 Å². The van der Waals surface area contributed by atoms with Gasteiger partial charge in [0.25, 0.3) is 0 Å². The zero-order valence-corrected chi connectivity index (χ0v) is 16.8. The molecule has 0 radical (unpaired) electrons. The number of amides is 1. The van der Waals surface area contributed by atoms with Crippen LogP contribution >= 0.6 is 0 Å². The normalized spacial score (nSPS) is 19.6. The number of nitrogens with zero attached hydrogens (tertiary/aromatic N) is 3. The summed E-state index contributed by atoms with van der Waals surface area (Å²) < 4.78 is 14.7. The van der Waals surface area contributed by atoms with Gasteiger partial charge in [0.05, 0.1) is 11.4 Å². The lowest BCUT2D eigenvalue weighted by Crippen LogP contribution is -2.46. The molecule has 29 heavy (non-hydrogen) atoms. The van der Waals surface area contributed by atoms with Crippen molar-refractivity contribution in [2.24, 2.45) is 4.99 Å². The van der Waals surface area contributed by atoms with E-state index < -0.39 is 5.92 Å². The quantitative estimate of drug-likeness (QED) is 0.748. The first kappa shape index (κ1) is 19.6. The van der Waals surface area contributed by atoms with Crippen LogP contribution in [0.4, 0.5) is 21.5 Å². The van der Waals surface area contributed by atoms with E-state index in [1.807, 2.05) is 30.3 Å². The molecule has 0 aromatic heterocycles. The van der Waals surface area contributed by atoms with Gasteiger partial charge in [0.2, 0.25) is 5.91 Å². The number of carbonyl (C=O) groups excluding carboxylic acids is 1. The molecule has 2 aliphatic rings. The van der Waals surface area contributed by atoms with Gasteiger partial charge >= 0.3 is 0 Å². The molecular formula is C23H27FN4O. The number of hydrogen-bond acceptors (Lipinski definition) is 4. The highest BCUT2D eigenvalue weighted by Crippen LogP contribution is 2.32. The van der Waals surface area contributed by atoms with Crippen LogP contribution < -0.4 is 10.2 Å². The molecule has 0 spiro atoms. The van der Waals surface area contributed by atoms with Gasteiger partial charge in [-0.15, -0.1) is 0 Å². The topological polar surface area (TPSA) is 47.9 Å². The summed E-state index contributed by atoms with van der Waals surface area (Å²) in [5.41, 5.74) is 2.86. The standard InChI is InChI=1S/C23H27FN4O/c1-2-3-10-27-11-13-28(14-12-27)22-9-8-17(15-20(22)24)25-16-19-18-6-4-5-7-21(18)26-23(19)29/h4-9,15-16,19H,2-3,10-14H2,1H3,(H,26,29). The van der Waals surface area contributed by atoms with Crippen molar-refractivity contribution in [2.75, 3.05) is 42.9 Å². The first-order valence-electron chi connectivity index (χ1n) is 10.4. The number of fused-ring (bicyclic) bond motifs is 1. The number of carbonyl (C=O) groups is 1. The third-order valence-corrected chi connectivity index (χ3v) is 5.68. The Bertz CT molecular complexity index is 906. The number of rotatable bonds is 6. The summed E-state index contributed by atoms with van der Waals surface area (Å²) in [5, 5.41) is 2.85. The van der Waals surface area contributed by atoms with Gasteiger partial charge in [0, 0.05) is 44.1 Å². The minimum absolute atomic E-state index is 0.104. The fourth-order valence-corrected chi connectivity index (χ4v) is 3.97. The molecule has 0 aliphatic carbocycles. The fourth-order valence-electron chi connectivity index (χ4n) is 3.97. The maximum Gasteiger partial charge on any atom is 0.237 e. The number of aliphatic imine (C=N–C) groups is 1. The number of nitrogens with one attached hydrogen (secondary N) is 1. The highest BCUT2D eigenvalue weighted by atomic mass is 19.1. The lowest BCUT2D eigenvalue weighted by Gasteiger charge is -2.36. The van der Waals surface area contributed by atoms with E-state index in [4.69, 9.17) is 0 Å². The van der Waals surface area contributed by atoms with E-state index in [1.54, 1.807) is 12.3 Å². The van der Waals surface area contributed by atoms with Gasteiger partial charge in [-0.1, -0.05) is 31.5 Å². The Hall–Kier alpha value is -2.73. The first-order valence-corrected chi connectivity index (χ1v) is 10.4. The Morgan fingerprint density at radius 1 is 1.17 bits per heavy atom. The number of hydrogen-bond donors (Lipinski definition) is 1. The van der Waals surface area contributed by atoms with Crippen LogP contribution in [0.5, 0.6) is 0 Å². The second-order valence-corrected chi connectivity index (χ2v) is 7.65. The van der Waals surface area contributed by atoms with E-state index >= 15 is 0 Å². The average molecular weight is 394 g/mol. The van der Waals surface area contributed by atoms with E-state index in [0.717, 1.165) is 44.0 Å². The van der Waals surface area contributed by atoms with E-state index in [9.17, 15) is 9.18 Å². The Morgan fingerprint density at radius 3 is 2.72 bits per heavy atom. The van der Waals surface area contributed by atoms with Crippen molar-refractivity contribution < 1.29 is 9.18 Å². The van der Waals surface area contributed by atoms with Gasteiger partial charge in [-0.2, -0.15) is 0 Å². The van der Waals surface area contributed by atoms with Crippen LogP contribution in [0.3, 0.4) is 0 Å². The SMILES string of the molecule is CCCCN1CCN(c2ccc(N=CC3C(=O)Nc4ccccc43)cc2F)CC1. The van der Waals surface area contributed by atoms with Gasteiger partial charge in [0.15, 0.2) is 0 Å². The summed E-state index contributed by atoms with van der Waals surface area (Å²) >= 11 is 0. The second kappa shape index (κ2) is 8.74. The Labute approximate surface area is 171 Å². The molecule has 152 valence electrons. The predicted molar refractivity (Wildman–Crippen MR) is 116 cm³/mol. The lowest BCUT2D eigenvalue weighted by molar-refractivity contribution is -0.115. The summed E-state index contributed by atoms with van der Waals surface area (Å²) in [5.74, 6) is -0.809. The maximum absolute atomic E-state index is 14.7. The van der Waals surface area contributed by atoms with Crippen LogP contribution in [0.25, 0.3) is 0 Å². The molecule has 0 saturated carbocycles. The monoisotopic (exact) mass is 394 g/mol. The number of benzene rings is 2. The average Bonchev–Trinajstić information content (AvgIpc) is 3.06. The fraction of sp³-hybridized carbons (Fsp3) is 0.391. The van der Waals surface area contributed by atoms with Crippen LogP contribution in [-0.4, -0.2) is 49.7 Å². The Kier molecular flexibility index (Phi) is 5.90. The number of unbranched alkanes of at least 4 members (excludes halogenated alkanes) is 1. The molecule has 4 rings (SSSR count).